The normalized spacial score (nSPS) is 12.3. The van der Waals surface area contributed by atoms with Gasteiger partial charge in [0.1, 0.15) is 37.3 Å². The van der Waals surface area contributed by atoms with E-state index in [0.717, 1.165) is 12.2 Å². The van der Waals surface area contributed by atoms with Gasteiger partial charge < -0.3 is 33.6 Å². The van der Waals surface area contributed by atoms with Crippen LogP contribution in [0.5, 0.6) is 11.5 Å². The van der Waals surface area contributed by atoms with Gasteiger partial charge >= 0.3 is 24.3 Å². The molecule has 0 unspecified atom stereocenters. The summed E-state index contributed by atoms with van der Waals surface area (Å²) in [6.07, 6.45) is -4.81. The van der Waals surface area contributed by atoms with Crippen LogP contribution in [0.3, 0.4) is 0 Å². The third-order valence-electron chi connectivity index (χ3n) is 10.2. The summed E-state index contributed by atoms with van der Waals surface area (Å²) < 4.78 is 130. The van der Waals surface area contributed by atoms with E-state index in [4.69, 9.17) is 24.1 Å². The van der Waals surface area contributed by atoms with Crippen molar-refractivity contribution < 1.29 is 68.8 Å². The molecule has 0 fully saturated rings. The molecule has 0 bridgehead atoms. The van der Waals surface area contributed by atoms with Crippen molar-refractivity contribution in [2.45, 2.75) is 72.5 Å². The van der Waals surface area contributed by atoms with E-state index in [-0.39, 0.29) is 43.1 Å². The number of ether oxygens (including phenoxy) is 4. The topological polar surface area (TPSA) is 164 Å². The van der Waals surface area contributed by atoms with Crippen molar-refractivity contribution in [3.8, 4) is 56.8 Å². The van der Waals surface area contributed by atoms with Crippen LogP contribution >= 0.6 is 0 Å². The van der Waals surface area contributed by atoms with Gasteiger partial charge in [-0.25, -0.2) is 18.7 Å². The molecule has 0 radical (unpaired) electrons. The summed E-state index contributed by atoms with van der Waals surface area (Å²) in [6.45, 7) is 12.8. The van der Waals surface area contributed by atoms with Crippen LogP contribution in [0.15, 0.2) is 85.5 Å². The van der Waals surface area contributed by atoms with Gasteiger partial charge in [0.25, 0.3) is 0 Å². The molecule has 6 rings (SSSR count). The largest absolute Gasteiger partial charge is 0.489 e. The van der Waals surface area contributed by atoms with Crippen molar-refractivity contribution in [3.05, 3.63) is 108 Å². The van der Waals surface area contributed by atoms with Gasteiger partial charge in [-0.05, 0) is 94.4 Å². The third-order valence-corrected chi connectivity index (χ3v) is 11.9. The molecule has 0 aliphatic heterocycles. The Balaban J connectivity index is 0.000000266. The van der Waals surface area contributed by atoms with E-state index in [1.165, 1.54) is 74.3 Å². The molecule has 0 saturated carbocycles. The van der Waals surface area contributed by atoms with Gasteiger partial charge in [-0.3, -0.25) is 19.6 Å². The SMILES string of the molecule is CC(C)(COc1ccc(-c2ccc(-c3ncc(C(F)(F)F)[nH]3)cn2)cc1F)C(=O)O.COC(=O)C(C)(C)COc1ccc(-c2ccc(-c3nc(C(F)(F)F)cn3COCC[Si](C)(C)C)cn2)cc1F. The van der Waals surface area contributed by atoms with Crippen LogP contribution in [0.4, 0.5) is 35.1 Å². The first-order chi connectivity index (χ1) is 32.1. The van der Waals surface area contributed by atoms with E-state index < -0.39 is 66.2 Å². The lowest BCUT2D eigenvalue weighted by atomic mass is 9.95. The molecule has 4 heterocycles. The highest BCUT2D eigenvalue weighted by Gasteiger charge is 2.36. The zero-order chi connectivity index (χ0) is 51.1. The maximum atomic E-state index is 14.7. The van der Waals surface area contributed by atoms with E-state index in [9.17, 15) is 44.7 Å². The van der Waals surface area contributed by atoms with Crippen molar-refractivity contribution >= 4 is 20.0 Å². The Morgan fingerprint density at radius 1 is 0.710 bits per heavy atom. The lowest BCUT2D eigenvalue weighted by molar-refractivity contribution is -0.152. The zero-order valence-corrected chi connectivity index (χ0v) is 39.8. The molecule has 0 amide bonds. The van der Waals surface area contributed by atoms with Gasteiger partial charge in [0.2, 0.25) is 0 Å². The first kappa shape index (κ1) is 53.3. The number of carboxylic acids is 1. The van der Waals surface area contributed by atoms with E-state index in [1.807, 2.05) is 0 Å². The van der Waals surface area contributed by atoms with Gasteiger partial charge in [0, 0.05) is 55.5 Å². The standard InChI is InChI=1S/C27H33F4N3O4Si.C20H17F4N3O3/c1-26(2,25(35)36-3)16-38-22-10-8-18(13-20(22)28)21-9-7-19(14-32-21)24-33-23(27(29,30)31)15-34(24)17-37-11-12-39(4,5)6;1-19(2,18(28)29)10-30-15-6-4-11(7-13(15)21)14-5-3-12(8-25-14)17-26-9-16(27-17)20(22,23)24/h7-10,13-15H,11-12,16-17H2,1-6H3;3-9H,10H2,1-2H3,(H,26,27)(H,28,29). The van der Waals surface area contributed by atoms with Crippen molar-refractivity contribution in [2.75, 3.05) is 26.9 Å². The molecule has 13 nitrogen and oxygen atoms in total. The Morgan fingerprint density at radius 2 is 1.23 bits per heavy atom. The fourth-order valence-corrected chi connectivity index (χ4v) is 6.66. The van der Waals surface area contributed by atoms with Crippen molar-refractivity contribution in [2.24, 2.45) is 10.8 Å². The number of aromatic amines is 1. The number of halogens is 8. The summed E-state index contributed by atoms with van der Waals surface area (Å²) >= 11 is 0. The van der Waals surface area contributed by atoms with Crippen LogP contribution in [-0.2, 0) is 38.1 Å². The fraction of sp³-hybridized carbons (Fsp3) is 0.362. The average Bonchev–Trinajstić information content (AvgIpc) is 3.96. The van der Waals surface area contributed by atoms with Crippen molar-refractivity contribution in [1.29, 1.82) is 0 Å². The fourth-order valence-electron chi connectivity index (χ4n) is 5.90. The Kier molecular flexibility index (Phi) is 16.5. The first-order valence-electron chi connectivity index (χ1n) is 21.0. The number of carbonyl (C=O) groups excluding carboxylic acids is 1. The summed E-state index contributed by atoms with van der Waals surface area (Å²) in [6, 6.07) is 15.4. The number of esters is 1. The number of H-pyrrole nitrogens is 1. The number of benzene rings is 2. The first-order valence-corrected chi connectivity index (χ1v) is 24.7. The van der Waals surface area contributed by atoms with Gasteiger partial charge in [0.05, 0.1) is 35.5 Å². The number of hydrogen-bond acceptors (Lipinski definition) is 10. The molecular formula is C47H50F8N6O7Si. The number of carboxylic acid groups (broad SMARTS) is 1. The number of imidazole rings is 2. The number of alkyl halides is 6. The summed E-state index contributed by atoms with van der Waals surface area (Å²) in [4.78, 5) is 41.0. The molecule has 4 aromatic heterocycles. The number of rotatable bonds is 17. The quantitative estimate of drug-likeness (QED) is 0.0387. The second kappa shape index (κ2) is 21.3. The average molecular weight is 991 g/mol. The molecule has 2 aromatic carbocycles. The minimum Gasteiger partial charge on any atom is -0.489 e. The molecule has 0 atom stereocenters. The monoisotopic (exact) mass is 990 g/mol. The molecule has 0 aliphatic carbocycles. The van der Waals surface area contributed by atoms with E-state index >= 15 is 0 Å². The van der Waals surface area contributed by atoms with Crippen LogP contribution in [-0.4, -0.2) is 81.5 Å². The second-order valence-corrected chi connectivity index (χ2v) is 23.8. The highest BCUT2D eigenvalue weighted by molar-refractivity contribution is 6.76. The van der Waals surface area contributed by atoms with Crippen LogP contribution in [0.2, 0.25) is 25.7 Å². The van der Waals surface area contributed by atoms with Crippen LogP contribution in [0, 0.1) is 22.5 Å². The number of methoxy groups -OCH3 is 1. The smallest absolute Gasteiger partial charge is 0.434 e. The number of aromatic nitrogens is 6. The number of carbonyl (C=O) groups is 2. The number of pyridine rings is 2. The minimum atomic E-state index is -4.61. The maximum Gasteiger partial charge on any atom is 0.434 e. The number of nitrogens with one attached hydrogen (secondary N) is 1. The molecule has 0 spiro atoms. The Bertz CT molecular complexity index is 2720. The predicted molar refractivity (Wildman–Crippen MR) is 240 cm³/mol. The van der Waals surface area contributed by atoms with Gasteiger partial charge in [0.15, 0.2) is 28.8 Å². The molecule has 0 saturated heterocycles. The summed E-state index contributed by atoms with van der Waals surface area (Å²) in [5, 5.41) is 9.08. The van der Waals surface area contributed by atoms with Crippen LogP contribution < -0.4 is 9.47 Å². The van der Waals surface area contributed by atoms with Gasteiger partial charge in [-0.15, -0.1) is 0 Å². The Hall–Kier alpha value is -6.68. The molecule has 370 valence electrons. The van der Waals surface area contributed by atoms with E-state index in [1.54, 1.807) is 38.1 Å². The Labute approximate surface area is 392 Å². The van der Waals surface area contributed by atoms with E-state index in [2.05, 4.69) is 44.6 Å². The van der Waals surface area contributed by atoms with Gasteiger partial charge in [-0.1, -0.05) is 19.6 Å². The highest BCUT2D eigenvalue weighted by Crippen LogP contribution is 2.34. The summed E-state index contributed by atoms with van der Waals surface area (Å²) in [5.41, 5.74) is -1.80. The van der Waals surface area contributed by atoms with Crippen molar-refractivity contribution in [3.63, 3.8) is 0 Å². The lowest BCUT2D eigenvalue weighted by Gasteiger charge is -2.21. The number of nitrogens with zero attached hydrogens (tertiary/aromatic N) is 5. The second-order valence-electron chi connectivity index (χ2n) is 18.2. The molecular weight excluding hydrogens is 941 g/mol. The Morgan fingerprint density at radius 3 is 1.67 bits per heavy atom. The highest BCUT2D eigenvalue weighted by atomic mass is 28.3. The summed E-state index contributed by atoms with van der Waals surface area (Å²) in [7, 11) is -0.0891. The van der Waals surface area contributed by atoms with Crippen molar-refractivity contribution in [1.82, 2.24) is 29.5 Å². The molecule has 6 aromatic rings. The number of hydrogen-bond donors (Lipinski definition) is 2. The zero-order valence-electron chi connectivity index (χ0n) is 38.8. The lowest BCUT2D eigenvalue weighted by Crippen LogP contribution is -2.32. The molecule has 2 N–H and O–H groups in total. The number of aliphatic carboxylic acids is 1. The van der Waals surface area contributed by atoms with Crippen LogP contribution in [0.1, 0.15) is 39.1 Å². The minimum absolute atomic E-state index is 0.0114. The molecule has 0 aliphatic rings. The molecule has 22 heteroatoms. The summed E-state index contributed by atoms with van der Waals surface area (Å²) in [5.74, 6) is -2.95. The van der Waals surface area contributed by atoms with E-state index in [0.29, 0.717) is 46.4 Å². The van der Waals surface area contributed by atoms with Gasteiger partial charge in [-0.2, -0.15) is 26.3 Å². The third kappa shape index (κ3) is 14.4. The maximum absolute atomic E-state index is 14.7. The predicted octanol–water partition coefficient (Wildman–Crippen LogP) is 11.4. The molecule has 69 heavy (non-hydrogen) atoms. The van der Waals surface area contributed by atoms with Crippen LogP contribution in [0.25, 0.3) is 45.3 Å².